The highest BCUT2D eigenvalue weighted by Crippen LogP contribution is 2.34. The molecular weight excluding hydrogens is 430 g/mol. The van der Waals surface area contributed by atoms with Crippen molar-refractivity contribution in [1.29, 1.82) is 0 Å². The first kappa shape index (κ1) is 22.2. The van der Waals surface area contributed by atoms with E-state index in [0.29, 0.717) is 22.2 Å². The highest BCUT2D eigenvalue weighted by atomic mass is 35.5. The van der Waals surface area contributed by atoms with Crippen LogP contribution in [0.3, 0.4) is 0 Å². The molecule has 0 fully saturated rings. The Morgan fingerprint density at radius 1 is 1.07 bits per heavy atom. The zero-order chi connectivity index (χ0) is 22.1. The van der Waals surface area contributed by atoms with E-state index in [0.717, 1.165) is 16.7 Å². The van der Waals surface area contributed by atoms with Gasteiger partial charge in [0.1, 0.15) is 30.6 Å². The third-order valence-electron chi connectivity index (χ3n) is 4.96. The van der Waals surface area contributed by atoms with E-state index in [1.165, 1.54) is 6.07 Å². The Morgan fingerprint density at radius 2 is 1.80 bits per heavy atom. The van der Waals surface area contributed by atoms with Crippen LogP contribution in [-0.2, 0) is 15.0 Å². The second-order valence-corrected chi connectivity index (χ2v) is 8.23. The first-order valence-electron chi connectivity index (χ1n) is 9.25. The summed E-state index contributed by atoms with van der Waals surface area (Å²) in [5.74, 6) is -0.389. The van der Waals surface area contributed by atoms with Gasteiger partial charge >= 0.3 is 0 Å². The summed E-state index contributed by atoms with van der Waals surface area (Å²) in [6.07, 6.45) is 0. The molecule has 0 saturated heterocycles. The Kier molecular flexibility index (Phi) is 6.43. The molecule has 2 aliphatic rings. The van der Waals surface area contributed by atoms with Crippen LogP contribution in [0.15, 0.2) is 40.3 Å². The fourth-order valence-corrected chi connectivity index (χ4v) is 3.58. The minimum absolute atomic E-state index is 0.00583. The highest BCUT2D eigenvalue weighted by molar-refractivity contribution is 6.31. The number of rotatable bonds is 2. The summed E-state index contributed by atoms with van der Waals surface area (Å²) in [6.45, 7) is 6.37. The van der Waals surface area contributed by atoms with Gasteiger partial charge in [-0.05, 0) is 61.7 Å². The molecule has 4 rings (SSSR count). The summed E-state index contributed by atoms with van der Waals surface area (Å²) in [5.41, 5.74) is 13.6. The van der Waals surface area contributed by atoms with Crippen LogP contribution in [-0.4, -0.2) is 25.3 Å². The van der Waals surface area contributed by atoms with E-state index >= 15 is 0 Å². The fourth-order valence-electron chi connectivity index (χ4n) is 3.25. The van der Waals surface area contributed by atoms with Gasteiger partial charge in [-0.2, -0.15) is 0 Å². The molecule has 4 N–H and O–H groups in total. The van der Waals surface area contributed by atoms with Crippen molar-refractivity contribution in [2.75, 3.05) is 13.2 Å². The van der Waals surface area contributed by atoms with Crippen LogP contribution < -0.4 is 11.5 Å². The maximum Gasteiger partial charge on any atom is 0.283 e. The number of nitrogens with two attached hydrogens (primary N) is 2. The van der Waals surface area contributed by atoms with Gasteiger partial charge in [-0.3, -0.25) is 0 Å². The Balaban J connectivity index is 0.000000172. The number of hydrogen-bond donors (Lipinski definition) is 2. The topological polar surface area (TPSA) is 95.2 Å². The predicted octanol–water partition coefficient (Wildman–Crippen LogP) is 4.38. The van der Waals surface area contributed by atoms with Crippen molar-refractivity contribution in [1.82, 2.24) is 0 Å². The molecule has 0 aliphatic carbocycles. The average molecular weight is 453 g/mol. The number of amidine groups is 2. The van der Waals surface area contributed by atoms with E-state index in [1.807, 2.05) is 32.0 Å². The summed E-state index contributed by atoms with van der Waals surface area (Å²) >= 11 is 11.7. The fraction of sp³-hybridized carbons (Fsp3) is 0.333. The molecule has 0 amide bonds. The largest absolute Gasteiger partial charge is 0.463 e. The molecule has 2 atom stereocenters. The van der Waals surface area contributed by atoms with E-state index in [4.69, 9.17) is 44.1 Å². The highest BCUT2D eigenvalue weighted by Gasteiger charge is 2.35. The first-order chi connectivity index (χ1) is 14.1. The lowest BCUT2D eigenvalue weighted by Gasteiger charge is -2.20. The standard InChI is InChI=1S/C11H12ClFN2O.C10H11ClN2O/c1-6-3-7(9(13)4-8(6)12)11(2)5-16-10(14)15-11;1-6-2-3-7(11)4-8(6)9-5-14-10(12)13-9/h3-4H,5H2,1-2H3,(H2,14,15);2-4,9H,5H2,1H3,(H2,12,13)/t11-;9-/m11/s1. The Hall–Kier alpha value is -2.51. The molecule has 9 heteroatoms. The van der Waals surface area contributed by atoms with Crippen LogP contribution in [0.25, 0.3) is 0 Å². The number of benzene rings is 2. The van der Waals surface area contributed by atoms with Gasteiger partial charge in [0.25, 0.3) is 12.0 Å². The van der Waals surface area contributed by atoms with Crippen molar-refractivity contribution in [3.05, 3.63) is 68.4 Å². The maximum atomic E-state index is 13.8. The normalized spacial score (nSPS) is 22.4. The Morgan fingerprint density at radius 3 is 2.40 bits per heavy atom. The SMILES string of the molecule is Cc1cc([C@@]2(C)COC(N)=N2)c(F)cc1Cl.Cc1ccc(Cl)cc1[C@H]1COC(N)=N1. The molecule has 160 valence electrons. The van der Waals surface area contributed by atoms with Crippen molar-refractivity contribution >= 4 is 35.2 Å². The lowest BCUT2D eigenvalue weighted by Crippen LogP contribution is -2.22. The van der Waals surface area contributed by atoms with Crippen LogP contribution in [0.2, 0.25) is 10.0 Å². The van der Waals surface area contributed by atoms with Gasteiger partial charge in [0.05, 0.1) is 0 Å². The zero-order valence-corrected chi connectivity index (χ0v) is 18.4. The second kappa shape index (κ2) is 8.70. The number of hydrogen-bond acceptors (Lipinski definition) is 6. The molecule has 6 nitrogen and oxygen atoms in total. The molecule has 30 heavy (non-hydrogen) atoms. The number of ether oxygens (including phenoxy) is 2. The number of halogens is 3. The van der Waals surface area contributed by atoms with E-state index in [1.54, 1.807) is 13.0 Å². The molecule has 2 aromatic carbocycles. The molecule has 0 spiro atoms. The molecule has 0 aromatic heterocycles. The minimum atomic E-state index is -0.760. The summed E-state index contributed by atoms with van der Waals surface area (Å²) in [7, 11) is 0. The van der Waals surface area contributed by atoms with Crippen LogP contribution in [0.4, 0.5) is 4.39 Å². The van der Waals surface area contributed by atoms with Crippen molar-refractivity contribution in [2.24, 2.45) is 21.5 Å². The van der Waals surface area contributed by atoms with E-state index < -0.39 is 5.54 Å². The predicted molar refractivity (Wildman–Crippen MR) is 118 cm³/mol. The van der Waals surface area contributed by atoms with Crippen LogP contribution in [0.1, 0.15) is 35.2 Å². The quantitative estimate of drug-likeness (QED) is 0.706. The monoisotopic (exact) mass is 452 g/mol. The van der Waals surface area contributed by atoms with Crippen molar-refractivity contribution in [2.45, 2.75) is 32.4 Å². The minimum Gasteiger partial charge on any atom is -0.463 e. The molecule has 0 radical (unpaired) electrons. The molecule has 2 aromatic rings. The van der Waals surface area contributed by atoms with Crippen LogP contribution in [0, 0.1) is 19.7 Å². The third kappa shape index (κ3) is 4.79. The van der Waals surface area contributed by atoms with Gasteiger partial charge in [0.15, 0.2) is 0 Å². The van der Waals surface area contributed by atoms with Crippen molar-refractivity contribution < 1.29 is 13.9 Å². The molecular formula is C21H23Cl2FN4O2. The van der Waals surface area contributed by atoms with E-state index in [2.05, 4.69) is 9.98 Å². The zero-order valence-electron chi connectivity index (χ0n) is 16.9. The van der Waals surface area contributed by atoms with Crippen LogP contribution >= 0.6 is 23.2 Å². The van der Waals surface area contributed by atoms with Gasteiger partial charge in [-0.1, -0.05) is 29.3 Å². The lowest BCUT2D eigenvalue weighted by atomic mass is 9.92. The van der Waals surface area contributed by atoms with Crippen molar-refractivity contribution in [3.8, 4) is 0 Å². The number of nitrogens with zero attached hydrogens (tertiary/aromatic N) is 2. The molecule has 2 heterocycles. The molecule has 0 saturated carbocycles. The summed E-state index contributed by atoms with van der Waals surface area (Å²) in [6, 6.07) is 9.07. The van der Waals surface area contributed by atoms with Crippen LogP contribution in [0.5, 0.6) is 0 Å². The average Bonchev–Trinajstić information content (AvgIpc) is 3.26. The van der Waals surface area contributed by atoms with E-state index in [-0.39, 0.29) is 30.5 Å². The molecule has 2 aliphatic heterocycles. The summed E-state index contributed by atoms with van der Waals surface area (Å²) in [5, 5.41) is 1.12. The Labute approximate surface area is 184 Å². The molecule has 0 bridgehead atoms. The lowest BCUT2D eigenvalue weighted by molar-refractivity contribution is 0.262. The summed E-state index contributed by atoms with van der Waals surface area (Å²) in [4.78, 5) is 8.29. The number of aryl methyl sites for hydroxylation is 2. The number of aliphatic imine (C=N–C) groups is 2. The third-order valence-corrected chi connectivity index (χ3v) is 5.60. The van der Waals surface area contributed by atoms with Gasteiger partial charge in [-0.25, -0.2) is 14.4 Å². The van der Waals surface area contributed by atoms with Crippen molar-refractivity contribution in [3.63, 3.8) is 0 Å². The first-order valence-corrected chi connectivity index (χ1v) is 10.0. The van der Waals surface area contributed by atoms with Gasteiger partial charge < -0.3 is 20.9 Å². The van der Waals surface area contributed by atoms with E-state index in [9.17, 15) is 4.39 Å². The van der Waals surface area contributed by atoms with Gasteiger partial charge in [0, 0.05) is 15.6 Å². The second-order valence-electron chi connectivity index (χ2n) is 7.39. The van der Waals surface area contributed by atoms with Gasteiger partial charge in [-0.15, -0.1) is 0 Å². The summed E-state index contributed by atoms with van der Waals surface area (Å²) < 4.78 is 24.0. The van der Waals surface area contributed by atoms with Gasteiger partial charge in [0.2, 0.25) is 0 Å². The Bertz CT molecular complexity index is 1030. The smallest absolute Gasteiger partial charge is 0.283 e. The molecule has 0 unspecified atom stereocenters. The maximum absolute atomic E-state index is 13.8.